The summed E-state index contributed by atoms with van der Waals surface area (Å²) in [5.41, 5.74) is 1.02. The van der Waals surface area contributed by atoms with Crippen molar-refractivity contribution in [3.63, 3.8) is 0 Å². The number of rotatable bonds is 1. The molecule has 0 aliphatic heterocycles. The van der Waals surface area contributed by atoms with Gasteiger partial charge in [0.05, 0.1) is 4.92 Å². The Labute approximate surface area is 114 Å². The first-order chi connectivity index (χ1) is 9.50. The van der Waals surface area contributed by atoms with E-state index in [1.54, 1.807) is 25.1 Å². The first-order valence-corrected chi connectivity index (χ1v) is 5.98. The van der Waals surface area contributed by atoms with E-state index < -0.39 is 10.7 Å². The zero-order chi connectivity index (χ0) is 14.4. The predicted octanol–water partition coefficient (Wildman–Crippen LogP) is 2.68. The highest BCUT2D eigenvalue weighted by molar-refractivity contribution is 6.29. The molecule has 5 nitrogen and oxygen atoms in total. The van der Waals surface area contributed by atoms with Crippen LogP contribution in [0.5, 0.6) is 0 Å². The van der Waals surface area contributed by atoms with Crippen LogP contribution in [0.1, 0.15) is 37.4 Å². The standard InChI is InChI=1S/C15H9NO4/c1-8-5-6-9-11(7-8)15(18)13-10(14(9)17)3-2-4-12(13)16(19)20/h2-7H,1H3. The summed E-state index contributed by atoms with van der Waals surface area (Å²) in [6.45, 7) is 1.80. The Balaban J connectivity index is 2.35. The highest BCUT2D eigenvalue weighted by Gasteiger charge is 2.35. The topological polar surface area (TPSA) is 77.3 Å². The number of nitro benzene ring substituents is 1. The number of fused-ring (bicyclic) bond motifs is 2. The second-order valence-corrected chi connectivity index (χ2v) is 4.66. The molecule has 1 aliphatic rings. The number of hydrogen-bond donors (Lipinski definition) is 0. The Morgan fingerprint density at radius 1 is 0.950 bits per heavy atom. The quantitative estimate of drug-likeness (QED) is 0.501. The van der Waals surface area contributed by atoms with Crippen molar-refractivity contribution in [2.24, 2.45) is 0 Å². The molecule has 0 fully saturated rings. The lowest BCUT2D eigenvalue weighted by Gasteiger charge is -2.17. The maximum Gasteiger partial charge on any atom is 0.281 e. The lowest BCUT2D eigenvalue weighted by Crippen LogP contribution is -2.22. The van der Waals surface area contributed by atoms with Gasteiger partial charge in [0, 0.05) is 22.8 Å². The van der Waals surface area contributed by atoms with Crippen LogP contribution < -0.4 is 0 Å². The third kappa shape index (κ3) is 1.56. The summed E-state index contributed by atoms with van der Waals surface area (Å²) in [6, 6.07) is 9.03. The number of nitro groups is 1. The van der Waals surface area contributed by atoms with Crippen molar-refractivity contribution in [2.45, 2.75) is 6.92 Å². The molecule has 0 spiro atoms. The summed E-state index contributed by atoms with van der Waals surface area (Å²) >= 11 is 0. The van der Waals surface area contributed by atoms with Crippen LogP contribution in [0.15, 0.2) is 36.4 Å². The van der Waals surface area contributed by atoms with E-state index in [4.69, 9.17) is 0 Å². The summed E-state index contributed by atoms with van der Waals surface area (Å²) < 4.78 is 0. The predicted molar refractivity (Wildman–Crippen MR) is 71.1 cm³/mol. The molecule has 3 rings (SSSR count). The van der Waals surface area contributed by atoms with Crippen LogP contribution in [0.25, 0.3) is 0 Å². The van der Waals surface area contributed by atoms with Crippen molar-refractivity contribution in [3.05, 3.63) is 74.3 Å². The van der Waals surface area contributed by atoms with Gasteiger partial charge in [-0.15, -0.1) is 0 Å². The highest BCUT2D eigenvalue weighted by Crippen LogP contribution is 2.33. The average molecular weight is 267 g/mol. The van der Waals surface area contributed by atoms with Crippen molar-refractivity contribution < 1.29 is 14.5 Å². The number of ketones is 2. The fourth-order valence-corrected chi connectivity index (χ4v) is 2.44. The van der Waals surface area contributed by atoms with Gasteiger partial charge in [0.2, 0.25) is 5.78 Å². The second-order valence-electron chi connectivity index (χ2n) is 4.66. The van der Waals surface area contributed by atoms with E-state index in [9.17, 15) is 19.7 Å². The van der Waals surface area contributed by atoms with Crippen molar-refractivity contribution in [2.75, 3.05) is 0 Å². The lowest BCUT2D eigenvalue weighted by atomic mass is 9.82. The van der Waals surface area contributed by atoms with E-state index in [0.717, 1.165) is 5.56 Å². The van der Waals surface area contributed by atoms with Crippen LogP contribution in [-0.4, -0.2) is 16.5 Å². The molecule has 0 aromatic heterocycles. The summed E-state index contributed by atoms with van der Waals surface area (Å²) in [4.78, 5) is 35.3. The molecule has 0 radical (unpaired) electrons. The Bertz CT molecular complexity index is 792. The van der Waals surface area contributed by atoms with Crippen molar-refractivity contribution >= 4 is 17.3 Å². The number of aryl methyl sites for hydroxylation is 1. The van der Waals surface area contributed by atoms with Gasteiger partial charge >= 0.3 is 0 Å². The first-order valence-electron chi connectivity index (χ1n) is 5.98. The van der Waals surface area contributed by atoms with Crippen molar-refractivity contribution in [1.29, 1.82) is 0 Å². The normalized spacial score (nSPS) is 12.8. The van der Waals surface area contributed by atoms with E-state index in [1.165, 1.54) is 18.2 Å². The van der Waals surface area contributed by atoms with Crippen molar-refractivity contribution in [1.82, 2.24) is 0 Å². The van der Waals surface area contributed by atoms with Gasteiger partial charge in [-0.1, -0.05) is 23.8 Å². The van der Waals surface area contributed by atoms with E-state index in [2.05, 4.69) is 0 Å². The van der Waals surface area contributed by atoms with Crippen LogP contribution in [0, 0.1) is 17.0 Å². The van der Waals surface area contributed by atoms with Gasteiger partial charge in [0.1, 0.15) is 5.56 Å². The molecule has 2 aromatic rings. The summed E-state index contributed by atoms with van der Waals surface area (Å²) in [5, 5.41) is 11.0. The Hall–Kier alpha value is -2.82. The third-order valence-corrected chi connectivity index (χ3v) is 3.38. The van der Waals surface area contributed by atoms with Gasteiger partial charge in [0.25, 0.3) is 5.69 Å². The molecule has 1 aliphatic carbocycles. The van der Waals surface area contributed by atoms with Gasteiger partial charge < -0.3 is 0 Å². The third-order valence-electron chi connectivity index (χ3n) is 3.38. The number of hydrogen-bond acceptors (Lipinski definition) is 4. The molecular formula is C15H9NO4. The zero-order valence-corrected chi connectivity index (χ0v) is 10.5. The Morgan fingerprint density at radius 2 is 1.70 bits per heavy atom. The smallest absolute Gasteiger partial charge is 0.281 e. The molecule has 0 saturated heterocycles. The van der Waals surface area contributed by atoms with Crippen LogP contribution in [0.2, 0.25) is 0 Å². The van der Waals surface area contributed by atoms with Crippen LogP contribution in [0.3, 0.4) is 0 Å². The maximum atomic E-state index is 12.5. The summed E-state index contributed by atoms with van der Waals surface area (Å²) in [7, 11) is 0. The number of benzene rings is 2. The number of nitrogens with zero attached hydrogens (tertiary/aromatic N) is 1. The molecular weight excluding hydrogens is 258 g/mol. The van der Waals surface area contributed by atoms with E-state index in [0.29, 0.717) is 5.56 Å². The molecule has 0 saturated carbocycles. The van der Waals surface area contributed by atoms with Gasteiger partial charge in [-0.2, -0.15) is 0 Å². The number of carbonyl (C=O) groups is 2. The Kier molecular flexibility index (Phi) is 2.50. The molecule has 5 heteroatoms. The molecule has 98 valence electrons. The summed E-state index contributed by atoms with van der Waals surface area (Å²) in [6.07, 6.45) is 0. The molecule has 0 amide bonds. The lowest BCUT2D eigenvalue weighted by molar-refractivity contribution is -0.385. The minimum atomic E-state index is -0.634. The SMILES string of the molecule is Cc1ccc2c(c1)C(=O)c1c(cccc1[N+](=O)[O-])C2=O. The molecule has 20 heavy (non-hydrogen) atoms. The molecule has 0 atom stereocenters. The van der Waals surface area contributed by atoms with E-state index >= 15 is 0 Å². The minimum absolute atomic E-state index is 0.0977. The van der Waals surface area contributed by atoms with Crippen molar-refractivity contribution in [3.8, 4) is 0 Å². The van der Waals surface area contributed by atoms with Gasteiger partial charge in [-0.05, 0) is 19.1 Å². The highest BCUT2D eigenvalue weighted by atomic mass is 16.6. The van der Waals surface area contributed by atoms with E-state index in [-0.39, 0.29) is 28.2 Å². The van der Waals surface area contributed by atoms with E-state index in [1.807, 2.05) is 0 Å². The molecule has 2 aromatic carbocycles. The molecule has 0 heterocycles. The van der Waals surface area contributed by atoms with Crippen LogP contribution >= 0.6 is 0 Å². The van der Waals surface area contributed by atoms with Gasteiger partial charge in [-0.3, -0.25) is 19.7 Å². The number of carbonyl (C=O) groups excluding carboxylic acids is 2. The van der Waals surface area contributed by atoms with Gasteiger partial charge in [0.15, 0.2) is 5.78 Å². The second kappa shape index (κ2) is 4.09. The fourth-order valence-electron chi connectivity index (χ4n) is 2.44. The van der Waals surface area contributed by atoms with Gasteiger partial charge in [-0.25, -0.2) is 0 Å². The zero-order valence-electron chi connectivity index (χ0n) is 10.5. The fraction of sp³-hybridized carbons (Fsp3) is 0.0667. The summed E-state index contributed by atoms with van der Waals surface area (Å²) in [5.74, 6) is -0.816. The van der Waals surface area contributed by atoms with Crippen LogP contribution in [0.4, 0.5) is 5.69 Å². The Morgan fingerprint density at radius 3 is 2.40 bits per heavy atom. The molecule has 0 unspecified atom stereocenters. The molecule has 0 N–H and O–H groups in total. The monoisotopic (exact) mass is 267 g/mol. The largest absolute Gasteiger partial charge is 0.289 e. The minimum Gasteiger partial charge on any atom is -0.289 e. The molecule has 0 bridgehead atoms. The average Bonchev–Trinajstić information content (AvgIpc) is 2.43. The first kappa shape index (κ1) is 12.2. The van der Waals surface area contributed by atoms with Crippen LogP contribution in [-0.2, 0) is 0 Å². The maximum absolute atomic E-state index is 12.5.